The summed E-state index contributed by atoms with van der Waals surface area (Å²) in [6, 6.07) is 11.0. The summed E-state index contributed by atoms with van der Waals surface area (Å²) < 4.78 is 12.3. The first-order valence-corrected chi connectivity index (χ1v) is 10.2. The summed E-state index contributed by atoms with van der Waals surface area (Å²) >= 11 is 2.98. The molecule has 2 nitrogen and oxygen atoms in total. The van der Waals surface area contributed by atoms with E-state index < -0.39 is 0 Å². The van der Waals surface area contributed by atoms with Gasteiger partial charge >= 0.3 is 0 Å². The molecule has 0 saturated carbocycles. The summed E-state index contributed by atoms with van der Waals surface area (Å²) in [5, 5.41) is 2.60. The van der Waals surface area contributed by atoms with Crippen molar-refractivity contribution in [3.63, 3.8) is 0 Å². The molecule has 0 saturated heterocycles. The average molecular weight is 357 g/mol. The number of rotatable bonds is 6. The highest BCUT2D eigenvalue weighted by molar-refractivity contribution is 7.94. The molecular formula is C20H20O2S2. The van der Waals surface area contributed by atoms with E-state index in [2.05, 4.69) is 56.3 Å². The second-order valence-corrected chi connectivity index (χ2v) is 7.79. The van der Waals surface area contributed by atoms with Gasteiger partial charge in [0.1, 0.15) is 0 Å². The molecule has 4 rings (SSSR count). The molecule has 2 aromatic carbocycles. The van der Waals surface area contributed by atoms with Crippen molar-refractivity contribution in [3.8, 4) is 0 Å². The fourth-order valence-corrected chi connectivity index (χ4v) is 4.35. The van der Waals surface area contributed by atoms with Crippen LogP contribution in [0.15, 0.2) is 48.2 Å². The van der Waals surface area contributed by atoms with Crippen molar-refractivity contribution in [2.45, 2.75) is 26.4 Å². The van der Waals surface area contributed by atoms with E-state index in [1.165, 1.54) is 57.1 Å². The van der Waals surface area contributed by atoms with Crippen LogP contribution in [0.25, 0.3) is 16.3 Å². The maximum Gasteiger partial charge on any atom is 0.157 e. The van der Waals surface area contributed by atoms with E-state index in [0.29, 0.717) is 0 Å². The second kappa shape index (κ2) is 6.87. The first-order valence-electron chi connectivity index (χ1n) is 8.38. The van der Waals surface area contributed by atoms with Crippen LogP contribution >= 0.6 is 24.1 Å². The molecule has 0 aromatic heterocycles. The summed E-state index contributed by atoms with van der Waals surface area (Å²) in [6.07, 6.45) is 5.25. The Morgan fingerprint density at radius 2 is 1.96 bits per heavy atom. The predicted molar refractivity (Wildman–Crippen MR) is 105 cm³/mol. The molecule has 24 heavy (non-hydrogen) atoms. The first-order chi connectivity index (χ1) is 11.8. The number of allylic oxidation sites excluding steroid dienone is 3. The van der Waals surface area contributed by atoms with Crippen LogP contribution in [0.2, 0.25) is 0 Å². The Morgan fingerprint density at radius 1 is 1.08 bits per heavy atom. The Morgan fingerprint density at radius 3 is 2.79 bits per heavy atom. The van der Waals surface area contributed by atoms with Gasteiger partial charge in [-0.3, -0.25) is 4.18 Å². The normalized spacial score (nSPS) is 18.3. The quantitative estimate of drug-likeness (QED) is 0.583. The van der Waals surface area contributed by atoms with Crippen molar-refractivity contribution in [1.29, 1.82) is 0 Å². The summed E-state index contributed by atoms with van der Waals surface area (Å²) in [5.41, 5.74) is 5.11. The van der Waals surface area contributed by atoms with Gasteiger partial charge in [-0.25, -0.2) is 0 Å². The van der Waals surface area contributed by atoms with Crippen LogP contribution in [-0.4, -0.2) is 11.5 Å². The number of benzene rings is 2. The van der Waals surface area contributed by atoms with Gasteiger partial charge in [-0.15, -0.1) is 0 Å². The molecule has 4 heteroatoms. The highest BCUT2D eigenvalue weighted by Gasteiger charge is 2.33. The van der Waals surface area contributed by atoms with Gasteiger partial charge < -0.3 is 4.18 Å². The van der Waals surface area contributed by atoms with Gasteiger partial charge in [0.05, 0.1) is 12.0 Å². The third-order valence-electron chi connectivity index (χ3n) is 4.39. The molecule has 0 heterocycles. The van der Waals surface area contributed by atoms with Crippen molar-refractivity contribution in [2.75, 3.05) is 11.5 Å². The Bertz CT molecular complexity index is 839. The van der Waals surface area contributed by atoms with Crippen LogP contribution in [0.1, 0.15) is 36.6 Å². The van der Waals surface area contributed by atoms with Crippen LogP contribution in [0, 0.1) is 0 Å². The summed E-state index contributed by atoms with van der Waals surface area (Å²) in [7, 11) is 0. The molecule has 0 amide bonds. The molecule has 1 unspecified atom stereocenters. The first kappa shape index (κ1) is 16.1. The SMILES string of the molecule is CCSOC1=C2C=CCc3ccc4cccc(c4c32)C1OSCC. The topological polar surface area (TPSA) is 18.5 Å². The van der Waals surface area contributed by atoms with Gasteiger partial charge in [-0.05, 0) is 45.9 Å². The van der Waals surface area contributed by atoms with Gasteiger partial charge in [-0.2, -0.15) is 0 Å². The molecular weight excluding hydrogens is 336 g/mol. The molecule has 0 radical (unpaired) electrons. The van der Waals surface area contributed by atoms with E-state index in [9.17, 15) is 0 Å². The maximum absolute atomic E-state index is 6.17. The third kappa shape index (κ3) is 2.57. The molecule has 2 aromatic rings. The molecule has 0 spiro atoms. The van der Waals surface area contributed by atoms with Gasteiger partial charge in [0, 0.05) is 17.1 Å². The van der Waals surface area contributed by atoms with Crippen LogP contribution in [0.4, 0.5) is 0 Å². The molecule has 1 atom stereocenters. The van der Waals surface area contributed by atoms with Gasteiger partial charge in [0.2, 0.25) is 0 Å². The van der Waals surface area contributed by atoms with Crippen LogP contribution < -0.4 is 0 Å². The Hall–Kier alpha value is -1.36. The van der Waals surface area contributed by atoms with E-state index in [4.69, 9.17) is 8.37 Å². The minimum absolute atomic E-state index is 0.154. The highest BCUT2D eigenvalue weighted by Crippen LogP contribution is 2.49. The zero-order chi connectivity index (χ0) is 16.5. The Balaban J connectivity index is 1.97. The van der Waals surface area contributed by atoms with Crippen LogP contribution in [-0.2, 0) is 14.8 Å². The molecule has 0 aliphatic heterocycles. The van der Waals surface area contributed by atoms with Crippen molar-refractivity contribution < 1.29 is 8.37 Å². The van der Waals surface area contributed by atoms with Crippen molar-refractivity contribution in [2.24, 2.45) is 0 Å². The van der Waals surface area contributed by atoms with Gasteiger partial charge in [-0.1, -0.05) is 56.3 Å². The average Bonchev–Trinajstić information content (AvgIpc) is 2.63. The number of hydrogen-bond acceptors (Lipinski definition) is 4. The lowest BCUT2D eigenvalue weighted by atomic mass is 9.80. The monoisotopic (exact) mass is 356 g/mol. The molecule has 124 valence electrons. The summed E-state index contributed by atoms with van der Waals surface area (Å²) in [6.45, 7) is 4.21. The molecule has 0 bridgehead atoms. The summed E-state index contributed by atoms with van der Waals surface area (Å²) in [5.74, 6) is 2.76. The largest absolute Gasteiger partial charge is 0.426 e. The van der Waals surface area contributed by atoms with E-state index in [-0.39, 0.29) is 6.10 Å². The molecule has 0 N–H and O–H groups in total. The lowest BCUT2D eigenvalue weighted by molar-refractivity contribution is 0.233. The fourth-order valence-electron chi connectivity index (χ4n) is 3.46. The van der Waals surface area contributed by atoms with Crippen molar-refractivity contribution >= 4 is 40.4 Å². The third-order valence-corrected chi connectivity index (χ3v) is 5.49. The van der Waals surface area contributed by atoms with Crippen molar-refractivity contribution in [3.05, 3.63) is 64.9 Å². The molecule has 2 aliphatic rings. The lowest BCUT2D eigenvalue weighted by Crippen LogP contribution is -2.15. The minimum atomic E-state index is -0.154. The Labute approximate surface area is 151 Å². The van der Waals surface area contributed by atoms with E-state index in [1.54, 1.807) is 0 Å². The van der Waals surface area contributed by atoms with Crippen molar-refractivity contribution in [1.82, 2.24) is 0 Å². The number of hydrogen-bond donors (Lipinski definition) is 0. The molecule has 0 fully saturated rings. The van der Waals surface area contributed by atoms with E-state index in [1.807, 2.05) is 0 Å². The zero-order valence-corrected chi connectivity index (χ0v) is 15.5. The Kier molecular flexibility index (Phi) is 4.61. The van der Waals surface area contributed by atoms with E-state index in [0.717, 1.165) is 23.7 Å². The lowest BCUT2D eigenvalue weighted by Gasteiger charge is -2.31. The van der Waals surface area contributed by atoms with Gasteiger partial charge in [0.25, 0.3) is 0 Å². The highest BCUT2D eigenvalue weighted by atomic mass is 32.2. The zero-order valence-electron chi connectivity index (χ0n) is 13.9. The maximum atomic E-state index is 6.17. The van der Waals surface area contributed by atoms with Crippen LogP contribution in [0.5, 0.6) is 0 Å². The van der Waals surface area contributed by atoms with Gasteiger partial charge in [0.15, 0.2) is 11.9 Å². The standard InChI is InChI=1S/C20H20O2S2/c1-3-23-21-19-15-9-5-7-13-11-12-14-8-6-10-16(18(14)17(13)15)20(19)22-24-4-2/h5-7,9-12,19H,3-4,8H2,1-2H3. The fraction of sp³-hybridized carbons (Fsp3) is 0.300. The smallest absolute Gasteiger partial charge is 0.157 e. The predicted octanol–water partition coefficient (Wildman–Crippen LogP) is 6.09. The van der Waals surface area contributed by atoms with E-state index >= 15 is 0 Å². The second-order valence-electron chi connectivity index (χ2n) is 5.80. The summed E-state index contributed by atoms with van der Waals surface area (Å²) in [4.78, 5) is 0. The minimum Gasteiger partial charge on any atom is -0.426 e. The van der Waals surface area contributed by atoms with Crippen LogP contribution in [0.3, 0.4) is 0 Å². The molecule has 2 aliphatic carbocycles.